The lowest BCUT2D eigenvalue weighted by Gasteiger charge is -2.25. The molecule has 3 aromatic rings. The number of aromatic amines is 1. The molecule has 5 nitrogen and oxygen atoms in total. The number of aryl methyl sites for hydroxylation is 2. The van der Waals surface area contributed by atoms with Crippen LogP contribution in [0.4, 0.5) is 0 Å². The average molecular weight is 387 g/mol. The van der Waals surface area contributed by atoms with E-state index in [1.54, 1.807) is 13.2 Å². The van der Waals surface area contributed by atoms with Crippen LogP contribution in [0.15, 0.2) is 47.5 Å². The van der Waals surface area contributed by atoms with Crippen LogP contribution in [0.1, 0.15) is 30.5 Å². The molecule has 27 heavy (non-hydrogen) atoms. The first kappa shape index (κ1) is 19.5. The van der Waals surface area contributed by atoms with Crippen LogP contribution in [0.2, 0.25) is 0 Å². The fourth-order valence-electron chi connectivity index (χ4n) is 3.34. The minimum Gasteiger partial charge on any atom is -0.497 e. The summed E-state index contributed by atoms with van der Waals surface area (Å²) < 4.78 is 33.7. The molecule has 0 bridgehead atoms. The van der Waals surface area contributed by atoms with Gasteiger partial charge in [0.2, 0.25) is 10.0 Å². The Kier molecular flexibility index (Phi) is 5.06. The number of methoxy groups -OCH3 is 1. The smallest absolute Gasteiger partial charge is 0.240 e. The number of nitrogens with one attached hydrogen (secondary N) is 2. The fraction of sp³-hybridized carbons (Fsp3) is 0.333. The molecule has 0 aliphatic carbocycles. The molecule has 0 atom stereocenters. The van der Waals surface area contributed by atoms with Crippen molar-refractivity contribution in [1.29, 1.82) is 0 Å². The highest BCUT2D eigenvalue weighted by molar-refractivity contribution is 7.89. The van der Waals surface area contributed by atoms with Crippen LogP contribution in [-0.2, 0) is 15.4 Å². The lowest BCUT2D eigenvalue weighted by molar-refractivity contribution is 0.415. The van der Waals surface area contributed by atoms with E-state index in [1.807, 2.05) is 64.2 Å². The van der Waals surface area contributed by atoms with Gasteiger partial charge in [-0.2, -0.15) is 0 Å². The van der Waals surface area contributed by atoms with Crippen LogP contribution in [0, 0.1) is 13.8 Å². The molecule has 2 aromatic carbocycles. The lowest BCUT2D eigenvalue weighted by atomic mass is 9.84. The van der Waals surface area contributed by atoms with Gasteiger partial charge in [-0.3, -0.25) is 0 Å². The maximum absolute atomic E-state index is 12.8. The zero-order valence-corrected chi connectivity index (χ0v) is 17.2. The van der Waals surface area contributed by atoms with E-state index in [1.165, 1.54) is 0 Å². The van der Waals surface area contributed by atoms with E-state index in [2.05, 4.69) is 9.71 Å². The van der Waals surface area contributed by atoms with Gasteiger partial charge in [0, 0.05) is 29.1 Å². The molecule has 1 aromatic heterocycles. The van der Waals surface area contributed by atoms with E-state index in [-0.39, 0.29) is 6.54 Å². The summed E-state index contributed by atoms with van der Waals surface area (Å²) in [6.07, 6.45) is 1.94. The van der Waals surface area contributed by atoms with Crippen molar-refractivity contribution in [2.75, 3.05) is 13.7 Å². The molecule has 0 unspecified atom stereocenters. The standard InChI is InChI=1S/C21H26N2O3S/c1-14-6-9-20(15(2)10-14)27(24,25)23-13-21(3,4)18-12-22-19-8-7-16(26-5)11-17(18)19/h6-12,22-23H,13H2,1-5H3. The van der Waals surface area contributed by atoms with Gasteiger partial charge >= 0.3 is 0 Å². The molecule has 0 spiro atoms. The van der Waals surface area contributed by atoms with Gasteiger partial charge in [0.05, 0.1) is 12.0 Å². The third-order valence-electron chi connectivity index (χ3n) is 4.94. The van der Waals surface area contributed by atoms with Crippen molar-refractivity contribution in [3.05, 3.63) is 59.3 Å². The van der Waals surface area contributed by atoms with Gasteiger partial charge in [0.1, 0.15) is 5.75 Å². The molecule has 0 radical (unpaired) electrons. The molecule has 0 saturated carbocycles. The quantitative estimate of drug-likeness (QED) is 0.671. The highest BCUT2D eigenvalue weighted by atomic mass is 32.2. The van der Waals surface area contributed by atoms with E-state index in [0.29, 0.717) is 4.90 Å². The Morgan fingerprint density at radius 2 is 1.85 bits per heavy atom. The van der Waals surface area contributed by atoms with E-state index < -0.39 is 15.4 Å². The van der Waals surface area contributed by atoms with Crippen LogP contribution >= 0.6 is 0 Å². The van der Waals surface area contributed by atoms with Crippen molar-refractivity contribution >= 4 is 20.9 Å². The SMILES string of the molecule is COc1ccc2[nH]cc(C(C)(C)CNS(=O)(=O)c3ccc(C)cc3C)c2c1. The molecule has 2 N–H and O–H groups in total. The van der Waals surface area contributed by atoms with Crippen LogP contribution in [0.3, 0.4) is 0 Å². The number of ether oxygens (including phenoxy) is 1. The number of rotatable bonds is 6. The molecular weight excluding hydrogens is 360 g/mol. The highest BCUT2D eigenvalue weighted by Crippen LogP contribution is 2.32. The second-order valence-corrected chi connectivity index (χ2v) is 9.33. The maximum atomic E-state index is 12.8. The van der Waals surface area contributed by atoms with E-state index in [9.17, 15) is 8.42 Å². The largest absolute Gasteiger partial charge is 0.497 e. The molecule has 0 aliphatic rings. The van der Waals surface area contributed by atoms with E-state index in [4.69, 9.17) is 4.74 Å². The van der Waals surface area contributed by atoms with Crippen molar-refractivity contribution in [1.82, 2.24) is 9.71 Å². The van der Waals surface area contributed by atoms with Crippen LogP contribution in [-0.4, -0.2) is 27.1 Å². The van der Waals surface area contributed by atoms with Crippen molar-refractivity contribution in [3.8, 4) is 5.75 Å². The first-order valence-electron chi connectivity index (χ1n) is 8.86. The summed E-state index contributed by atoms with van der Waals surface area (Å²) in [7, 11) is -1.95. The zero-order valence-electron chi connectivity index (χ0n) is 16.4. The molecule has 144 valence electrons. The number of benzene rings is 2. The van der Waals surface area contributed by atoms with Gasteiger partial charge in [-0.05, 0) is 49.2 Å². The van der Waals surface area contributed by atoms with Crippen molar-refractivity contribution in [3.63, 3.8) is 0 Å². The summed E-state index contributed by atoms with van der Waals surface area (Å²) in [5.41, 5.74) is 3.42. The number of fused-ring (bicyclic) bond motifs is 1. The number of hydrogen-bond donors (Lipinski definition) is 2. The summed E-state index contributed by atoms with van der Waals surface area (Å²) in [6.45, 7) is 8.11. The van der Waals surface area contributed by atoms with Crippen LogP contribution < -0.4 is 9.46 Å². The van der Waals surface area contributed by atoms with Gasteiger partial charge in [0.15, 0.2) is 0 Å². The summed E-state index contributed by atoms with van der Waals surface area (Å²) >= 11 is 0. The number of H-pyrrole nitrogens is 1. The predicted octanol–water partition coefficient (Wildman–Crippen LogP) is 4.05. The molecule has 1 heterocycles. The molecule has 6 heteroatoms. The lowest BCUT2D eigenvalue weighted by Crippen LogP contribution is -2.36. The molecule has 3 rings (SSSR count). The van der Waals surface area contributed by atoms with Crippen molar-refractivity contribution in [2.24, 2.45) is 0 Å². The van der Waals surface area contributed by atoms with Crippen LogP contribution in [0.25, 0.3) is 10.9 Å². The maximum Gasteiger partial charge on any atom is 0.240 e. The Bertz CT molecular complexity index is 1080. The minimum absolute atomic E-state index is 0.285. The van der Waals surface area contributed by atoms with Gasteiger partial charge in [-0.25, -0.2) is 13.1 Å². The Balaban J connectivity index is 1.88. The van der Waals surface area contributed by atoms with Crippen LogP contribution in [0.5, 0.6) is 5.75 Å². The average Bonchev–Trinajstić information content (AvgIpc) is 3.03. The molecule has 0 fully saturated rings. The Morgan fingerprint density at radius 3 is 2.52 bits per heavy atom. The molecular formula is C21H26N2O3S. The third kappa shape index (κ3) is 3.87. The van der Waals surface area contributed by atoms with Gasteiger partial charge in [0.25, 0.3) is 0 Å². The second-order valence-electron chi connectivity index (χ2n) is 7.59. The predicted molar refractivity (Wildman–Crippen MR) is 109 cm³/mol. The monoisotopic (exact) mass is 386 g/mol. The summed E-state index contributed by atoms with van der Waals surface area (Å²) in [5.74, 6) is 0.773. The summed E-state index contributed by atoms with van der Waals surface area (Å²) in [5, 5.41) is 1.03. The van der Waals surface area contributed by atoms with Gasteiger partial charge < -0.3 is 9.72 Å². The van der Waals surface area contributed by atoms with Gasteiger partial charge in [-0.1, -0.05) is 31.5 Å². The number of aromatic nitrogens is 1. The van der Waals surface area contributed by atoms with E-state index in [0.717, 1.165) is 33.3 Å². The first-order valence-corrected chi connectivity index (χ1v) is 10.3. The second kappa shape index (κ2) is 7.02. The summed E-state index contributed by atoms with van der Waals surface area (Å²) in [4.78, 5) is 3.58. The Morgan fingerprint density at radius 1 is 1.11 bits per heavy atom. The zero-order chi connectivity index (χ0) is 19.8. The highest BCUT2D eigenvalue weighted by Gasteiger charge is 2.27. The van der Waals surface area contributed by atoms with Crippen molar-refractivity contribution in [2.45, 2.75) is 38.0 Å². The first-order chi connectivity index (χ1) is 12.6. The molecule has 0 amide bonds. The van der Waals surface area contributed by atoms with Gasteiger partial charge in [-0.15, -0.1) is 0 Å². The number of hydrogen-bond acceptors (Lipinski definition) is 3. The minimum atomic E-state index is -3.58. The summed E-state index contributed by atoms with van der Waals surface area (Å²) in [6, 6.07) is 11.2. The third-order valence-corrected chi connectivity index (χ3v) is 6.50. The fourth-order valence-corrected chi connectivity index (χ4v) is 4.77. The normalized spacial score (nSPS) is 12.5. The molecule has 0 saturated heterocycles. The Hall–Kier alpha value is -2.31. The topological polar surface area (TPSA) is 71.2 Å². The van der Waals surface area contributed by atoms with E-state index >= 15 is 0 Å². The Labute approximate surface area is 160 Å². The molecule has 0 aliphatic heterocycles. The van der Waals surface area contributed by atoms with Crippen molar-refractivity contribution < 1.29 is 13.2 Å². The number of sulfonamides is 1.